The zero-order chi connectivity index (χ0) is 21.2. The average Bonchev–Trinajstić information content (AvgIpc) is 3.27. The molecule has 3 aromatic rings. The fourth-order valence-electron chi connectivity index (χ4n) is 4.29. The van der Waals surface area contributed by atoms with Gasteiger partial charge in [0.1, 0.15) is 0 Å². The Hall–Kier alpha value is -3.09. The smallest absolute Gasteiger partial charge is 0.241 e. The fraction of sp³-hybridized carbons (Fsp3) is 0.320. The summed E-state index contributed by atoms with van der Waals surface area (Å²) in [5.41, 5.74) is 2.07. The summed E-state index contributed by atoms with van der Waals surface area (Å²) in [5.74, 6) is 1.69. The van der Waals surface area contributed by atoms with Crippen LogP contribution in [-0.2, 0) is 11.3 Å². The number of nitrogens with zero attached hydrogens (tertiary/aromatic N) is 2. The summed E-state index contributed by atoms with van der Waals surface area (Å²) in [5, 5.41) is 5.39. The predicted molar refractivity (Wildman–Crippen MR) is 121 cm³/mol. The molecule has 0 unspecified atom stereocenters. The Bertz CT molecular complexity index is 1090. The molecule has 2 aliphatic heterocycles. The molecule has 1 N–H and O–H groups in total. The first kappa shape index (κ1) is 19.8. The highest BCUT2D eigenvalue weighted by atomic mass is 16.7. The van der Waals surface area contributed by atoms with E-state index in [9.17, 15) is 4.79 Å². The number of hydrogen-bond donors (Lipinski definition) is 1. The van der Waals surface area contributed by atoms with E-state index in [1.54, 1.807) is 0 Å². The van der Waals surface area contributed by atoms with Crippen molar-refractivity contribution in [2.45, 2.75) is 19.5 Å². The molecule has 1 fully saturated rings. The molecule has 2 aliphatic rings. The van der Waals surface area contributed by atoms with Gasteiger partial charge in [-0.25, -0.2) is 0 Å². The summed E-state index contributed by atoms with van der Waals surface area (Å²) in [7, 11) is 0. The monoisotopic (exact) mass is 417 g/mol. The van der Waals surface area contributed by atoms with Crippen LogP contribution in [0.25, 0.3) is 10.8 Å². The Morgan fingerprint density at radius 3 is 2.55 bits per heavy atom. The molecule has 6 heteroatoms. The number of rotatable bonds is 5. The van der Waals surface area contributed by atoms with Gasteiger partial charge in [0.2, 0.25) is 12.7 Å². The van der Waals surface area contributed by atoms with Crippen LogP contribution in [0.3, 0.4) is 0 Å². The second-order valence-electron chi connectivity index (χ2n) is 8.23. The first-order valence-electron chi connectivity index (χ1n) is 10.8. The summed E-state index contributed by atoms with van der Waals surface area (Å²) in [4.78, 5) is 17.5. The van der Waals surface area contributed by atoms with E-state index in [-0.39, 0.29) is 11.9 Å². The minimum Gasteiger partial charge on any atom is -0.454 e. The van der Waals surface area contributed by atoms with Gasteiger partial charge in [-0.3, -0.25) is 14.6 Å². The molecule has 160 valence electrons. The van der Waals surface area contributed by atoms with E-state index in [0.717, 1.165) is 55.3 Å². The Labute approximate surface area is 182 Å². The van der Waals surface area contributed by atoms with E-state index in [2.05, 4.69) is 39.4 Å². The zero-order valence-electron chi connectivity index (χ0n) is 17.7. The number of ether oxygens (including phenoxy) is 2. The molecule has 31 heavy (non-hydrogen) atoms. The number of hydrogen-bond acceptors (Lipinski definition) is 5. The van der Waals surface area contributed by atoms with Crippen LogP contribution < -0.4 is 14.8 Å². The summed E-state index contributed by atoms with van der Waals surface area (Å²) >= 11 is 0. The van der Waals surface area contributed by atoms with Gasteiger partial charge in [0.25, 0.3) is 0 Å². The van der Waals surface area contributed by atoms with Crippen molar-refractivity contribution in [1.29, 1.82) is 0 Å². The molecule has 6 nitrogen and oxygen atoms in total. The largest absolute Gasteiger partial charge is 0.454 e. The third kappa shape index (κ3) is 4.36. The van der Waals surface area contributed by atoms with Gasteiger partial charge in [-0.2, -0.15) is 0 Å². The molecule has 0 radical (unpaired) electrons. The minimum atomic E-state index is -0.167. The molecule has 0 aliphatic carbocycles. The molecular formula is C25H27N3O3. The van der Waals surface area contributed by atoms with Gasteiger partial charge in [0.15, 0.2) is 11.5 Å². The number of anilines is 1. The highest BCUT2D eigenvalue weighted by molar-refractivity contribution is 5.97. The minimum absolute atomic E-state index is 0.0412. The number of benzene rings is 3. The summed E-state index contributed by atoms with van der Waals surface area (Å²) < 4.78 is 10.9. The molecule has 2 heterocycles. The van der Waals surface area contributed by atoms with Gasteiger partial charge in [-0.15, -0.1) is 0 Å². The number of carbonyl (C=O) groups excluding carboxylic acids is 1. The Kier molecular flexibility index (Phi) is 5.49. The third-order valence-electron chi connectivity index (χ3n) is 6.19. The lowest BCUT2D eigenvalue weighted by molar-refractivity contribution is -0.121. The van der Waals surface area contributed by atoms with Crippen molar-refractivity contribution in [2.24, 2.45) is 0 Å². The summed E-state index contributed by atoms with van der Waals surface area (Å²) in [6.07, 6.45) is 0. The molecule has 1 saturated heterocycles. The van der Waals surface area contributed by atoms with E-state index in [4.69, 9.17) is 9.47 Å². The Morgan fingerprint density at radius 1 is 0.935 bits per heavy atom. The molecule has 1 amide bonds. The van der Waals surface area contributed by atoms with Crippen LogP contribution in [0, 0.1) is 0 Å². The predicted octanol–water partition coefficient (Wildman–Crippen LogP) is 3.71. The quantitative estimate of drug-likeness (QED) is 0.686. The molecule has 1 atom stereocenters. The second kappa shape index (κ2) is 8.57. The number of nitrogens with one attached hydrogen (secondary N) is 1. The molecule has 3 aromatic carbocycles. The van der Waals surface area contributed by atoms with Crippen molar-refractivity contribution in [2.75, 3.05) is 38.3 Å². The first-order valence-corrected chi connectivity index (χ1v) is 10.8. The van der Waals surface area contributed by atoms with Crippen LogP contribution in [0.1, 0.15) is 12.5 Å². The Morgan fingerprint density at radius 2 is 1.71 bits per heavy atom. The molecule has 0 bridgehead atoms. The standard InChI is InChI=1S/C25H27N3O3/c1-18(25(29)26-22-8-7-20-4-2-3-5-21(20)15-22)28-12-10-27(11-13-28)16-19-6-9-23-24(14-19)31-17-30-23/h2-9,14-15,18H,10-13,16-17H2,1H3,(H,26,29)/t18-/m1/s1. The van der Waals surface area contributed by atoms with Gasteiger partial charge in [0, 0.05) is 38.4 Å². The van der Waals surface area contributed by atoms with Gasteiger partial charge >= 0.3 is 0 Å². The highest BCUT2D eigenvalue weighted by Crippen LogP contribution is 2.32. The van der Waals surface area contributed by atoms with Crippen LogP contribution in [-0.4, -0.2) is 54.7 Å². The molecule has 5 rings (SSSR count). The van der Waals surface area contributed by atoms with E-state index in [0.29, 0.717) is 6.79 Å². The molecular weight excluding hydrogens is 390 g/mol. The number of carbonyl (C=O) groups is 1. The van der Waals surface area contributed by atoms with Crippen molar-refractivity contribution in [3.05, 3.63) is 66.2 Å². The number of amides is 1. The fourth-order valence-corrected chi connectivity index (χ4v) is 4.29. The van der Waals surface area contributed by atoms with E-state index in [1.165, 1.54) is 10.9 Å². The van der Waals surface area contributed by atoms with Crippen molar-refractivity contribution in [1.82, 2.24) is 9.80 Å². The summed E-state index contributed by atoms with van der Waals surface area (Å²) in [6.45, 7) is 6.78. The molecule has 0 aromatic heterocycles. The first-order chi connectivity index (χ1) is 15.2. The third-order valence-corrected chi connectivity index (χ3v) is 6.19. The molecule has 0 saturated carbocycles. The summed E-state index contributed by atoms with van der Waals surface area (Å²) in [6, 6.07) is 20.2. The van der Waals surface area contributed by atoms with Crippen LogP contribution >= 0.6 is 0 Å². The average molecular weight is 418 g/mol. The lowest BCUT2D eigenvalue weighted by atomic mass is 10.1. The second-order valence-corrected chi connectivity index (χ2v) is 8.23. The maximum Gasteiger partial charge on any atom is 0.241 e. The van der Waals surface area contributed by atoms with Gasteiger partial charge < -0.3 is 14.8 Å². The topological polar surface area (TPSA) is 54.0 Å². The van der Waals surface area contributed by atoms with Crippen LogP contribution in [0.2, 0.25) is 0 Å². The van der Waals surface area contributed by atoms with E-state index >= 15 is 0 Å². The van der Waals surface area contributed by atoms with Crippen LogP contribution in [0.4, 0.5) is 5.69 Å². The van der Waals surface area contributed by atoms with Gasteiger partial charge in [-0.1, -0.05) is 36.4 Å². The van der Waals surface area contributed by atoms with Crippen molar-refractivity contribution in [3.63, 3.8) is 0 Å². The van der Waals surface area contributed by atoms with Crippen molar-refractivity contribution >= 4 is 22.4 Å². The highest BCUT2D eigenvalue weighted by Gasteiger charge is 2.26. The van der Waals surface area contributed by atoms with Crippen LogP contribution in [0.5, 0.6) is 11.5 Å². The van der Waals surface area contributed by atoms with Gasteiger partial charge in [0.05, 0.1) is 6.04 Å². The lowest BCUT2D eigenvalue weighted by Gasteiger charge is -2.37. The molecule has 0 spiro atoms. The van der Waals surface area contributed by atoms with Crippen molar-refractivity contribution in [3.8, 4) is 11.5 Å². The number of piperazine rings is 1. The van der Waals surface area contributed by atoms with Crippen LogP contribution in [0.15, 0.2) is 60.7 Å². The number of fused-ring (bicyclic) bond motifs is 2. The van der Waals surface area contributed by atoms with E-state index in [1.807, 2.05) is 43.3 Å². The zero-order valence-corrected chi connectivity index (χ0v) is 17.7. The lowest BCUT2D eigenvalue weighted by Crippen LogP contribution is -2.52. The van der Waals surface area contributed by atoms with Crippen molar-refractivity contribution < 1.29 is 14.3 Å². The SMILES string of the molecule is C[C@H](C(=O)Nc1ccc2ccccc2c1)N1CCN(Cc2ccc3c(c2)OCO3)CC1. The maximum absolute atomic E-state index is 12.8. The Balaban J connectivity index is 1.14. The van der Waals surface area contributed by atoms with E-state index < -0.39 is 0 Å². The maximum atomic E-state index is 12.8. The normalized spacial score (nSPS) is 17.6. The van der Waals surface area contributed by atoms with Gasteiger partial charge in [-0.05, 0) is 47.5 Å².